The Labute approximate surface area is 196 Å². The second-order valence-corrected chi connectivity index (χ2v) is 10.6. The summed E-state index contributed by atoms with van der Waals surface area (Å²) in [5.41, 5.74) is 4.82. The van der Waals surface area contributed by atoms with E-state index in [1.54, 1.807) is 0 Å². The van der Waals surface area contributed by atoms with Gasteiger partial charge in [-0.3, -0.25) is 14.6 Å². The molecule has 0 spiro atoms. The molecule has 0 aromatic heterocycles. The van der Waals surface area contributed by atoms with Crippen molar-refractivity contribution in [1.29, 1.82) is 0 Å². The van der Waals surface area contributed by atoms with E-state index in [2.05, 4.69) is 39.0 Å². The van der Waals surface area contributed by atoms with Crippen LogP contribution in [0, 0.1) is 23.2 Å². The molecule has 0 radical (unpaired) electrons. The number of hydrogen-bond acceptors (Lipinski definition) is 3. The Hall–Kier alpha value is -3.07. The number of aliphatic imine (C=N–C) groups is 1. The lowest BCUT2D eigenvalue weighted by molar-refractivity contribution is -0.126. The van der Waals surface area contributed by atoms with Crippen molar-refractivity contribution in [2.75, 3.05) is 0 Å². The summed E-state index contributed by atoms with van der Waals surface area (Å²) >= 11 is 0. The minimum Gasteiger partial charge on any atom is -0.299 e. The molecule has 0 bridgehead atoms. The third-order valence-electron chi connectivity index (χ3n) is 7.44. The third-order valence-corrected chi connectivity index (χ3v) is 7.44. The minimum atomic E-state index is -0.397. The predicted molar refractivity (Wildman–Crippen MR) is 133 cm³/mol. The largest absolute Gasteiger partial charge is 0.299 e. The van der Waals surface area contributed by atoms with Crippen molar-refractivity contribution in [3.05, 3.63) is 89.5 Å². The van der Waals surface area contributed by atoms with Gasteiger partial charge in [-0.05, 0) is 34.9 Å². The molecule has 4 unspecified atom stereocenters. The van der Waals surface area contributed by atoms with Crippen molar-refractivity contribution in [3.63, 3.8) is 0 Å². The van der Waals surface area contributed by atoms with E-state index in [9.17, 15) is 9.59 Å². The fourth-order valence-corrected chi connectivity index (χ4v) is 6.02. The van der Waals surface area contributed by atoms with Gasteiger partial charge in [-0.1, -0.05) is 93.1 Å². The van der Waals surface area contributed by atoms with Crippen LogP contribution in [0.5, 0.6) is 0 Å². The van der Waals surface area contributed by atoms with Gasteiger partial charge >= 0.3 is 0 Å². The molecule has 1 fully saturated rings. The summed E-state index contributed by atoms with van der Waals surface area (Å²) in [7, 11) is 0. The fourth-order valence-electron chi connectivity index (χ4n) is 6.02. The van der Waals surface area contributed by atoms with Gasteiger partial charge in [-0.2, -0.15) is 0 Å². The molecule has 1 heterocycles. The average Bonchev–Trinajstić information content (AvgIpc) is 3.12. The van der Waals surface area contributed by atoms with Crippen LogP contribution in [0.2, 0.25) is 0 Å². The zero-order chi connectivity index (χ0) is 23.2. The lowest BCUT2D eigenvalue weighted by Gasteiger charge is -2.40. The highest BCUT2D eigenvalue weighted by molar-refractivity contribution is 6.11. The monoisotopic (exact) mass is 437 g/mol. The first-order valence-electron chi connectivity index (χ1n) is 12.0. The molecule has 2 aromatic carbocycles. The molecule has 3 aliphatic rings. The number of hydrogen-bond donors (Lipinski definition) is 0. The molecular formula is C30H31NO2. The van der Waals surface area contributed by atoms with Crippen LogP contribution in [0.25, 0.3) is 0 Å². The highest BCUT2D eigenvalue weighted by Gasteiger charge is 2.50. The molecule has 3 heteroatoms. The van der Waals surface area contributed by atoms with Crippen molar-refractivity contribution >= 4 is 23.0 Å². The number of allylic oxidation sites excluding steroid dienone is 4. The molecule has 168 valence electrons. The van der Waals surface area contributed by atoms with Crippen molar-refractivity contribution in [2.24, 2.45) is 28.2 Å². The normalized spacial score (nSPS) is 27.8. The smallest absolute Gasteiger partial charge is 0.145 e. The second kappa shape index (κ2) is 8.37. The number of fused-ring (bicyclic) bond motifs is 2. The SMILES string of the molecule is CC1C=CC=C1C1C2C(=O)CC(C)(C)CC2=Nc2ccccc2C1C(=O)Cc1ccccc1. The highest BCUT2D eigenvalue weighted by atomic mass is 16.1. The molecule has 1 aliphatic heterocycles. The Balaban J connectivity index is 1.68. The van der Waals surface area contributed by atoms with Crippen molar-refractivity contribution in [3.8, 4) is 0 Å². The fraction of sp³-hybridized carbons (Fsp3) is 0.367. The van der Waals surface area contributed by atoms with Gasteiger partial charge in [0, 0.05) is 24.5 Å². The van der Waals surface area contributed by atoms with E-state index >= 15 is 0 Å². The van der Waals surface area contributed by atoms with Gasteiger partial charge < -0.3 is 0 Å². The highest BCUT2D eigenvalue weighted by Crippen LogP contribution is 2.51. The lowest BCUT2D eigenvalue weighted by atomic mass is 9.61. The van der Waals surface area contributed by atoms with Crippen LogP contribution >= 0.6 is 0 Å². The summed E-state index contributed by atoms with van der Waals surface area (Å²) in [6, 6.07) is 17.9. The molecule has 0 saturated heterocycles. The average molecular weight is 438 g/mol. The molecule has 4 atom stereocenters. The van der Waals surface area contributed by atoms with Crippen LogP contribution in [-0.2, 0) is 16.0 Å². The maximum Gasteiger partial charge on any atom is 0.145 e. The van der Waals surface area contributed by atoms with Crippen LogP contribution in [0.15, 0.2) is 83.4 Å². The van der Waals surface area contributed by atoms with E-state index in [0.29, 0.717) is 12.8 Å². The van der Waals surface area contributed by atoms with Crippen LogP contribution in [0.1, 0.15) is 50.7 Å². The van der Waals surface area contributed by atoms with Gasteiger partial charge in [0.15, 0.2) is 0 Å². The first-order chi connectivity index (χ1) is 15.8. The predicted octanol–water partition coefficient (Wildman–Crippen LogP) is 6.42. The van der Waals surface area contributed by atoms with E-state index < -0.39 is 5.92 Å². The van der Waals surface area contributed by atoms with Crippen molar-refractivity contribution in [1.82, 2.24) is 0 Å². The van der Waals surface area contributed by atoms with Crippen LogP contribution in [-0.4, -0.2) is 17.3 Å². The van der Waals surface area contributed by atoms with Gasteiger partial charge in [-0.25, -0.2) is 0 Å². The zero-order valence-electron chi connectivity index (χ0n) is 19.6. The first-order valence-corrected chi connectivity index (χ1v) is 12.0. The Kier molecular flexibility index (Phi) is 5.52. The summed E-state index contributed by atoms with van der Waals surface area (Å²) in [5, 5.41) is 0. The van der Waals surface area contributed by atoms with E-state index in [1.807, 2.05) is 54.6 Å². The Morgan fingerprint density at radius 2 is 1.76 bits per heavy atom. The summed E-state index contributed by atoms with van der Waals surface area (Å²) < 4.78 is 0. The molecule has 5 rings (SSSR count). The van der Waals surface area contributed by atoms with Crippen molar-refractivity contribution in [2.45, 2.75) is 46.0 Å². The number of carbonyl (C=O) groups is 2. The minimum absolute atomic E-state index is 0.117. The molecular weight excluding hydrogens is 406 g/mol. The number of ketones is 2. The van der Waals surface area contributed by atoms with Gasteiger partial charge in [0.05, 0.1) is 17.5 Å². The number of benzene rings is 2. The number of rotatable bonds is 4. The standard InChI is InChI=1S/C30H31NO2/c1-19-10-9-14-21(19)28-27(25(32)16-20-11-5-4-6-12-20)22-13-7-8-15-23(22)31-24-17-30(2,3)18-26(33)29(24)28/h4-15,19,27-29H,16-18H2,1-3H3. The number of nitrogens with zero attached hydrogens (tertiary/aromatic N) is 1. The quantitative estimate of drug-likeness (QED) is 0.554. The summed E-state index contributed by atoms with van der Waals surface area (Å²) in [4.78, 5) is 32.9. The van der Waals surface area contributed by atoms with E-state index in [0.717, 1.165) is 28.9 Å². The van der Waals surface area contributed by atoms with Gasteiger partial charge in [0.1, 0.15) is 11.6 Å². The van der Waals surface area contributed by atoms with E-state index in [4.69, 9.17) is 4.99 Å². The van der Waals surface area contributed by atoms with Crippen LogP contribution in [0.4, 0.5) is 5.69 Å². The molecule has 33 heavy (non-hydrogen) atoms. The number of para-hydroxylation sites is 1. The summed E-state index contributed by atoms with van der Waals surface area (Å²) in [6.07, 6.45) is 8.04. The van der Waals surface area contributed by atoms with Gasteiger partial charge in [0.2, 0.25) is 0 Å². The van der Waals surface area contributed by atoms with Gasteiger partial charge in [-0.15, -0.1) is 0 Å². The van der Waals surface area contributed by atoms with Crippen molar-refractivity contribution < 1.29 is 9.59 Å². The van der Waals surface area contributed by atoms with Gasteiger partial charge in [0.25, 0.3) is 0 Å². The molecule has 0 N–H and O–H groups in total. The molecule has 1 saturated carbocycles. The third kappa shape index (κ3) is 4.06. The Morgan fingerprint density at radius 1 is 1.03 bits per heavy atom. The lowest BCUT2D eigenvalue weighted by Crippen LogP contribution is -2.44. The molecule has 3 nitrogen and oxygen atoms in total. The zero-order valence-corrected chi connectivity index (χ0v) is 19.6. The molecule has 2 aromatic rings. The van der Waals surface area contributed by atoms with Crippen LogP contribution < -0.4 is 0 Å². The molecule has 2 aliphatic carbocycles. The van der Waals surface area contributed by atoms with E-state index in [1.165, 1.54) is 5.57 Å². The summed E-state index contributed by atoms with van der Waals surface area (Å²) in [6.45, 7) is 6.46. The summed E-state index contributed by atoms with van der Waals surface area (Å²) in [5.74, 6) is -0.350. The molecule has 0 amide bonds. The number of Topliss-reactive ketones (excluding diaryl/α,β-unsaturated/α-hetero) is 2. The topological polar surface area (TPSA) is 46.5 Å². The first kappa shape index (κ1) is 21.8. The second-order valence-electron chi connectivity index (χ2n) is 10.6. The Morgan fingerprint density at radius 3 is 2.48 bits per heavy atom. The van der Waals surface area contributed by atoms with E-state index in [-0.39, 0.29) is 34.7 Å². The van der Waals surface area contributed by atoms with Crippen LogP contribution in [0.3, 0.4) is 0 Å². The Bertz CT molecular complexity index is 1180. The maximum atomic E-state index is 14.1. The maximum absolute atomic E-state index is 14.1. The number of carbonyl (C=O) groups excluding carboxylic acids is 2.